The zero-order chi connectivity index (χ0) is 17.3. The highest BCUT2D eigenvalue weighted by Gasteiger charge is 2.46. The number of carboxylic acid groups (broad SMARTS) is 1. The highest BCUT2D eigenvalue weighted by Crippen LogP contribution is 2.50. The minimum Gasteiger partial charge on any atom is -0.481 e. The largest absolute Gasteiger partial charge is 0.481 e. The molecule has 1 saturated carbocycles. The van der Waals surface area contributed by atoms with E-state index in [1.807, 2.05) is 13.8 Å². The molecule has 3 aliphatic carbocycles. The van der Waals surface area contributed by atoms with Gasteiger partial charge in [-0.2, -0.15) is 8.42 Å². The van der Waals surface area contributed by atoms with Crippen molar-refractivity contribution in [3.8, 4) is 0 Å². The highest BCUT2D eigenvalue weighted by atomic mass is 32.2. The summed E-state index contributed by atoms with van der Waals surface area (Å²) in [6.07, 6.45) is 6.03. The van der Waals surface area contributed by atoms with Gasteiger partial charge in [0, 0.05) is 0 Å². The normalized spacial score (nSPS) is 26.0. The lowest BCUT2D eigenvalue weighted by Crippen LogP contribution is -2.39. The quantitative estimate of drug-likeness (QED) is 0.636. The molecule has 0 radical (unpaired) electrons. The molecule has 5 nitrogen and oxygen atoms in total. The number of hydrogen-bond donors (Lipinski definition) is 2. The molecule has 6 heteroatoms. The summed E-state index contributed by atoms with van der Waals surface area (Å²) in [6.45, 7) is 3.81. The van der Waals surface area contributed by atoms with E-state index in [2.05, 4.69) is 6.08 Å². The second-order valence-corrected chi connectivity index (χ2v) is 7.78. The number of aryl methyl sites for hydroxylation is 1. The fourth-order valence-electron chi connectivity index (χ4n) is 3.30. The molecule has 23 heavy (non-hydrogen) atoms. The van der Waals surface area contributed by atoms with Crippen molar-refractivity contribution in [3.05, 3.63) is 41.5 Å². The minimum atomic E-state index is -4.02. The van der Waals surface area contributed by atoms with Gasteiger partial charge in [-0.1, -0.05) is 29.3 Å². The topological polar surface area (TPSA) is 91.7 Å². The molecular weight excluding hydrogens is 316 g/mol. The number of aliphatic carboxylic acids is 1. The average molecular weight is 338 g/mol. The molecule has 126 valence electrons. The third-order valence-corrected chi connectivity index (χ3v) is 5.72. The Labute approximate surface area is 136 Å². The number of hydrogen-bond acceptors (Lipinski definition) is 3. The van der Waals surface area contributed by atoms with Gasteiger partial charge in [0.05, 0.1) is 10.3 Å². The second kappa shape index (κ2) is 6.45. The molecule has 1 aromatic rings. The molecule has 1 fully saturated rings. The van der Waals surface area contributed by atoms with Gasteiger partial charge < -0.3 is 5.11 Å². The van der Waals surface area contributed by atoms with Crippen molar-refractivity contribution in [1.82, 2.24) is 0 Å². The molecule has 3 aliphatic rings. The van der Waals surface area contributed by atoms with Crippen LogP contribution in [0.25, 0.3) is 0 Å². The summed E-state index contributed by atoms with van der Waals surface area (Å²) in [4.78, 5) is 11.0. The summed E-state index contributed by atoms with van der Waals surface area (Å²) >= 11 is 0. The SMILES string of the molecule is CC1=CC2CCC1(C(=O)O)CC2.Cc1ccc(S(=O)(=O)O)cc1. The van der Waals surface area contributed by atoms with Gasteiger partial charge in [-0.25, -0.2) is 0 Å². The number of fused-ring (bicyclic) bond motifs is 2. The maximum atomic E-state index is 11.1. The van der Waals surface area contributed by atoms with E-state index in [1.165, 1.54) is 12.1 Å². The van der Waals surface area contributed by atoms with E-state index in [0.29, 0.717) is 5.92 Å². The molecule has 0 saturated heterocycles. The van der Waals surface area contributed by atoms with Crippen LogP contribution in [0.1, 0.15) is 38.2 Å². The lowest BCUT2D eigenvalue weighted by atomic mass is 9.61. The van der Waals surface area contributed by atoms with E-state index in [-0.39, 0.29) is 4.90 Å². The Kier molecular flexibility index (Phi) is 4.96. The van der Waals surface area contributed by atoms with Crippen LogP contribution in [0, 0.1) is 18.3 Å². The van der Waals surface area contributed by atoms with Crippen LogP contribution in [-0.2, 0) is 14.9 Å². The molecule has 0 unspecified atom stereocenters. The number of benzene rings is 1. The van der Waals surface area contributed by atoms with Crippen molar-refractivity contribution in [2.45, 2.75) is 44.4 Å². The minimum absolute atomic E-state index is 0.0666. The zero-order valence-corrected chi connectivity index (χ0v) is 14.1. The van der Waals surface area contributed by atoms with Gasteiger partial charge >= 0.3 is 5.97 Å². The molecule has 0 aromatic heterocycles. The molecule has 0 heterocycles. The van der Waals surface area contributed by atoms with Crippen LogP contribution in [0.4, 0.5) is 0 Å². The third kappa shape index (κ3) is 3.82. The Morgan fingerprint density at radius 1 is 1.13 bits per heavy atom. The Hall–Kier alpha value is -1.66. The molecule has 1 aromatic carbocycles. The van der Waals surface area contributed by atoms with Crippen LogP contribution in [0.15, 0.2) is 40.8 Å². The van der Waals surface area contributed by atoms with E-state index < -0.39 is 21.5 Å². The van der Waals surface area contributed by atoms with Crippen LogP contribution in [0.2, 0.25) is 0 Å². The molecular formula is C17H22O5S. The van der Waals surface area contributed by atoms with Gasteiger partial charge in [-0.05, 0) is 57.6 Å². The molecule has 0 aliphatic heterocycles. The summed E-state index contributed by atoms with van der Waals surface area (Å²) in [5.74, 6) is 0.0561. The monoisotopic (exact) mass is 338 g/mol. The Bertz CT molecular complexity index is 708. The average Bonchev–Trinajstić information content (AvgIpc) is 2.48. The van der Waals surface area contributed by atoms with Crippen molar-refractivity contribution in [3.63, 3.8) is 0 Å². The van der Waals surface area contributed by atoms with Crippen LogP contribution >= 0.6 is 0 Å². The maximum Gasteiger partial charge on any atom is 0.313 e. The van der Waals surface area contributed by atoms with E-state index in [1.54, 1.807) is 12.1 Å². The highest BCUT2D eigenvalue weighted by molar-refractivity contribution is 7.85. The summed E-state index contributed by atoms with van der Waals surface area (Å²) in [6, 6.07) is 5.99. The van der Waals surface area contributed by atoms with Crippen LogP contribution in [0.3, 0.4) is 0 Å². The van der Waals surface area contributed by atoms with Gasteiger partial charge in [-0.3, -0.25) is 9.35 Å². The van der Waals surface area contributed by atoms with Crippen LogP contribution in [0.5, 0.6) is 0 Å². The first kappa shape index (κ1) is 17.7. The summed E-state index contributed by atoms with van der Waals surface area (Å²) in [5, 5.41) is 9.14. The lowest BCUT2D eigenvalue weighted by Gasteiger charge is -2.42. The van der Waals surface area contributed by atoms with Gasteiger partial charge in [0.25, 0.3) is 10.1 Å². The lowest BCUT2D eigenvalue weighted by molar-refractivity contribution is -0.149. The van der Waals surface area contributed by atoms with E-state index in [4.69, 9.17) is 9.66 Å². The smallest absolute Gasteiger partial charge is 0.313 e. The van der Waals surface area contributed by atoms with Crippen LogP contribution in [-0.4, -0.2) is 24.0 Å². The molecule has 4 rings (SSSR count). The van der Waals surface area contributed by atoms with Gasteiger partial charge in [0.2, 0.25) is 0 Å². The second-order valence-electron chi connectivity index (χ2n) is 6.36. The third-order valence-electron chi connectivity index (χ3n) is 4.85. The molecule has 2 bridgehead atoms. The molecule has 0 spiro atoms. The molecule has 0 atom stereocenters. The first-order chi connectivity index (χ1) is 10.6. The molecule has 2 N–H and O–H groups in total. The summed E-state index contributed by atoms with van der Waals surface area (Å²) < 4.78 is 29.6. The zero-order valence-electron chi connectivity index (χ0n) is 13.3. The van der Waals surface area contributed by atoms with Crippen molar-refractivity contribution in [2.24, 2.45) is 11.3 Å². The standard InChI is InChI=1S/C10H14O2.C7H8O3S/c1-7-6-8-2-4-10(7,5-3-8)9(11)12;1-6-2-4-7(5-3-6)11(8,9)10/h6,8H,2-5H2,1H3,(H,11,12);2-5H,1H3,(H,8,9,10). The van der Waals surface area contributed by atoms with Gasteiger partial charge in [0.15, 0.2) is 0 Å². The van der Waals surface area contributed by atoms with Crippen molar-refractivity contribution >= 4 is 16.1 Å². The number of rotatable bonds is 2. The number of carbonyl (C=O) groups is 1. The molecule has 0 amide bonds. The Morgan fingerprint density at radius 3 is 2.00 bits per heavy atom. The fraction of sp³-hybridized carbons (Fsp3) is 0.471. The maximum absolute atomic E-state index is 11.1. The van der Waals surface area contributed by atoms with Crippen LogP contribution < -0.4 is 0 Å². The van der Waals surface area contributed by atoms with E-state index >= 15 is 0 Å². The Balaban J connectivity index is 0.000000168. The number of carboxylic acids is 1. The predicted octanol–water partition coefficient (Wildman–Crippen LogP) is 3.45. The fourth-order valence-corrected chi connectivity index (χ4v) is 3.78. The van der Waals surface area contributed by atoms with Crippen molar-refractivity contribution in [2.75, 3.05) is 0 Å². The van der Waals surface area contributed by atoms with E-state index in [0.717, 1.165) is 36.8 Å². The summed E-state index contributed by atoms with van der Waals surface area (Å²) in [5.41, 5.74) is 1.57. The van der Waals surface area contributed by atoms with Gasteiger partial charge in [0.1, 0.15) is 0 Å². The van der Waals surface area contributed by atoms with Gasteiger partial charge in [-0.15, -0.1) is 0 Å². The first-order valence-electron chi connectivity index (χ1n) is 7.61. The van der Waals surface area contributed by atoms with Crippen molar-refractivity contribution < 1.29 is 22.9 Å². The van der Waals surface area contributed by atoms with Crippen molar-refractivity contribution in [1.29, 1.82) is 0 Å². The predicted molar refractivity (Wildman–Crippen MR) is 86.8 cm³/mol. The summed E-state index contributed by atoms with van der Waals surface area (Å²) in [7, 11) is -4.02. The first-order valence-corrected chi connectivity index (χ1v) is 9.05. The Morgan fingerprint density at radius 2 is 1.65 bits per heavy atom. The van der Waals surface area contributed by atoms with E-state index in [9.17, 15) is 13.2 Å². The number of allylic oxidation sites excluding steroid dienone is 1.